The van der Waals surface area contributed by atoms with E-state index in [2.05, 4.69) is 22.2 Å². The fourth-order valence-corrected chi connectivity index (χ4v) is 5.48. The predicted octanol–water partition coefficient (Wildman–Crippen LogP) is 2.60. The van der Waals surface area contributed by atoms with E-state index in [1.165, 1.54) is 0 Å². The molecule has 1 heterocycles. The molecule has 0 aliphatic carbocycles. The predicted molar refractivity (Wildman–Crippen MR) is 77.6 cm³/mol. The molecule has 1 aliphatic rings. The van der Waals surface area contributed by atoms with Gasteiger partial charge in [0.1, 0.15) is 0 Å². The van der Waals surface area contributed by atoms with Crippen LogP contribution in [0.25, 0.3) is 0 Å². The molecule has 0 aromatic heterocycles. The molecule has 0 aromatic carbocycles. The van der Waals surface area contributed by atoms with Gasteiger partial charge in [0.25, 0.3) is 0 Å². The van der Waals surface area contributed by atoms with Crippen molar-refractivity contribution in [1.29, 1.82) is 0 Å². The summed E-state index contributed by atoms with van der Waals surface area (Å²) in [6, 6.07) is 0. The summed E-state index contributed by atoms with van der Waals surface area (Å²) in [4.78, 5) is 18.7. The van der Waals surface area contributed by atoms with Gasteiger partial charge in [0.15, 0.2) is 0 Å². The summed E-state index contributed by atoms with van der Waals surface area (Å²) in [5.74, 6) is 0. The first-order chi connectivity index (χ1) is 10.5. The molecule has 138 valence electrons. The average Bonchev–Trinajstić information content (AvgIpc) is 2.82. The molecule has 1 saturated heterocycles. The van der Waals surface area contributed by atoms with Crippen molar-refractivity contribution in [2.24, 2.45) is 0 Å². The van der Waals surface area contributed by atoms with E-state index < -0.39 is 23.5 Å². The smallest absolute Gasteiger partial charge is 0.375 e. The lowest BCUT2D eigenvalue weighted by atomic mass is 10.2. The van der Waals surface area contributed by atoms with Crippen LogP contribution in [0.4, 0.5) is 0 Å². The van der Waals surface area contributed by atoms with Gasteiger partial charge in [-0.2, -0.15) is 8.62 Å². The molecular formula is C9H21O11P3. The van der Waals surface area contributed by atoms with Crippen LogP contribution in [0.1, 0.15) is 26.2 Å². The van der Waals surface area contributed by atoms with Crippen LogP contribution in [-0.2, 0) is 40.6 Å². The molecule has 0 aromatic rings. The molecule has 11 nitrogen and oxygen atoms in total. The summed E-state index contributed by atoms with van der Waals surface area (Å²) in [5, 5.41) is 0. The molecule has 0 spiro atoms. The van der Waals surface area contributed by atoms with Crippen LogP contribution in [0.5, 0.6) is 0 Å². The first kappa shape index (κ1) is 21.4. The second-order valence-corrected chi connectivity index (χ2v) is 9.74. The maximum absolute atomic E-state index is 11.6. The number of hydrogen-bond donors (Lipinski definition) is 2. The van der Waals surface area contributed by atoms with E-state index in [1.54, 1.807) is 0 Å². The van der Waals surface area contributed by atoms with Gasteiger partial charge in [-0.1, -0.05) is 0 Å². The topological polar surface area (TPSA) is 147 Å². The van der Waals surface area contributed by atoms with E-state index in [9.17, 15) is 23.5 Å². The van der Waals surface area contributed by atoms with Crippen LogP contribution >= 0.6 is 23.5 Å². The third kappa shape index (κ3) is 7.86. The van der Waals surface area contributed by atoms with E-state index in [-0.39, 0.29) is 18.8 Å². The number of ether oxygens (including phenoxy) is 1. The highest BCUT2D eigenvalue weighted by Crippen LogP contribution is 2.68. The average molecular weight is 398 g/mol. The number of phosphoric ester groups is 2. The Balaban J connectivity index is 2.48. The van der Waals surface area contributed by atoms with Crippen molar-refractivity contribution in [3.63, 3.8) is 0 Å². The molecule has 0 bridgehead atoms. The lowest BCUT2D eigenvalue weighted by Crippen LogP contribution is -2.11. The summed E-state index contributed by atoms with van der Waals surface area (Å²) in [7, 11) is -12.7. The number of hydrogen-bond acceptors (Lipinski definition) is 9. The van der Waals surface area contributed by atoms with Crippen molar-refractivity contribution >= 4 is 23.5 Å². The molecule has 0 amide bonds. The minimum absolute atomic E-state index is 0.112. The van der Waals surface area contributed by atoms with E-state index >= 15 is 0 Å². The van der Waals surface area contributed by atoms with E-state index in [0.717, 1.165) is 27.1 Å². The van der Waals surface area contributed by atoms with Crippen molar-refractivity contribution in [3.8, 4) is 0 Å². The zero-order valence-corrected chi connectivity index (χ0v) is 15.6. The molecule has 1 aliphatic heterocycles. The van der Waals surface area contributed by atoms with Crippen molar-refractivity contribution in [2.75, 3.05) is 20.8 Å². The van der Waals surface area contributed by atoms with E-state index in [0.29, 0.717) is 6.42 Å². The second kappa shape index (κ2) is 8.65. The van der Waals surface area contributed by atoms with Gasteiger partial charge in [-0.3, -0.25) is 13.6 Å². The molecule has 1 fully saturated rings. The second-order valence-electron chi connectivity index (χ2n) is 4.68. The molecule has 0 radical (unpaired) electrons. The summed E-state index contributed by atoms with van der Waals surface area (Å²) in [6.45, 7) is 1.67. The fourth-order valence-electron chi connectivity index (χ4n) is 1.83. The van der Waals surface area contributed by atoms with Gasteiger partial charge in [-0.15, -0.1) is 0 Å². The summed E-state index contributed by atoms with van der Waals surface area (Å²) in [6.07, 6.45) is 1.96. The lowest BCUT2D eigenvalue weighted by Gasteiger charge is -2.19. The normalized spacial score (nSPS) is 27.5. The molecule has 23 heavy (non-hydrogen) atoms. The van der Waals surface area contributed by atoms with Crippen molar-refractivity contribution in [2.45, 2.75) is 38.4 Å². The molecule has 2 N–H and O–H groups in total. The fraction of sp³-hybridized carbons (Fsp3) is 1.00. The first-order valence-electron chi connectivity index (χ1n) is 6.60. The van der Waals surface area contributed by atoms with Crippen LogP contribution in [0, 0.1) is 0 Å². The number of phosphoric acid groups is 3. The molecule has 1 rings (SSSR count). The van der Waals surface area contributed by atoms with E-state index in [4.69, 9.17) is 4.74 Å². The van der Waals surface area contributed by atoms with Crippen molar-refractivity contribution in [1.82, 2.24) is 0 Å². The Kier molecular flexibility index (Phi) is 8.05. The highest BCUT2D eigenvalue weighted by molar-refractivity contribution is 7.67. The Bertz CT molecular complexity index is 515. The largest absolute Gasteiger partial charge is 0.490 e. The zero-order valence-electron chi connectivity index (χ0n) is 12.9. The molecule has 0 saturated carbocycles. The van der Waals surface area contributed by atoms with E-state index in [1.807, 2.05) is 6.92 Å². The Morgan fingerprint density at radius 2 is 1.65 bits per heavy atom. The summed E-state index contributed by atoms with van der Waals surface area (Å²) in [5.41, 5.74) is 0. The lowest BCUT2D eigenvalue weighted by molar-refractivity contribution is 0.0399. The molecule has 14 heteroatoms. The quantitative estimate of drug-likeness (QED) is 0.523. The molecule has 4 unspecified atom stereocenters. The maximum Gasteiger partial charge on any atom is 0.490 e. The van der Waals surface area contributed by atoms with Gasteiger partial charge >= 0.3 is 23.5 Å². The third-order valence-electron chi connectivity index (χ3n) is 2.87. The van der Waals surface area contributed by atoms with Crippen molar-refractivity contribution < 1.29 is 50.4 Å². The SMILES string of the molecule is COP(=O)(OC)OP(=O)(O)OP(=O)(O)OCCC1CCC(C)O1. The van der Waals surface area contributed by atoms with Gasteiger partial charge in [0.2, 0.25) is 0 Å². The van der Waals surface area contributed by atoms with Crippen LogP contribution in [0.2, 0.25) is 0 Å². The van der Waals surface area contributed by atoms with Gasteiger partial charge in [-0.05, 0) is 26.2 Å². The highest BCUT2D eigenvalue weighted by Gasteiger charge is 2.42. The van der Waals surface area contributed by atoms with Gasteiger partial charge < -0.3 is 14.5 Å². The van der Waals surface area contributed by atoms with Crippen LogP contribution < -0.4 is 0 Å². The minimum Gasteiger partial charge on any atom is -0.375 e. The summed E-state index contributed by atoms with van der Waals surface area (Å²) >= 11 is 0. The minimum atomic E-state index is -5.23. The van der Waals surface area contributed by atoms with Crippen molar-refractivity contribution in [3.05, 3.63) is 0 Å². The Morgan fingerprint density at radius 1 is 1.04 bits per heavy atom. The Morgan fingerprint density at radius 3 is 2.13 bits per heavy atom. The van der Waals surface area contributed by atoms with Crippen LogP contribution in [-0.4, -0.2) is 42.8 Å². The van der Waals surface area contributed by atoms with Gasteiger partial charge in [0.05, 0.1) is 18.8 Å². The van der Waals surface area contributed by atoms with Gasteiger partial charge in [0, 0.05) is 14.2 Å². The first-order valence-corrected chi connectivity index (χ1v) is 11.1. The monoisotopic (exact) mass is 398 g/mol. The Labute approximate surface area is 134 Å². The number of rotatable bonds is 10. The van der Waals surface area contributed by atoms with Crippen LogP contribution in [0.15, 0.2) is 0 Å². The summed E-state index contributed by atoms with van der Waals surface area (Å²) < 4.78 is 61.5. The van der Waals surface area contributed by atoms with Gasteiger partial charge in [-0.25, -0.2) is 13.7 Å². The van der Waals surface area contributed by atoms with Crippen LogP contribution in [0.3, 0.4) is 0 Å². The highest BCUT2D eigenvalue weighted by atomic mass is 31.3. The molecule has 4 atom stereocenters. The standard InChI is InChI=1S/C9H21O11P3/c1-8-4-5-9(18-8)6-7-17-21(10,11)19-22(12,13)20-23(14,15-2)16-3/h8-9H,4-7H2,1-3H3,(H,10,11)(H,12,13). The third-order valence-corrected chi connectivity index (χ3v) is 7.55. The Hall–Kier alpha value is 0.370. The molecular weight excluding hydrogens is 377 g/mol. The zero-order chi connectivity index (χ0) is 17.7. The maximum atomic E-state index is 11.6.